The second-order valence-corrected chi connectivity index (χ2v) is 5.03. The lowest BCUT2D eigenvalue weighted by Crippen LogP contribution is -2.22. The highest BCUT2D eigenvalue weighted by Gasteiger charge is 2.25. The van der Waals surface area contributed by atoms with Crippen LogP contribution in [0.5, 0.6) is 0 Å². The molecular weight excluding hydrogens is 212 g/mol. The van der Waals surface area contributed by atoms with Crippen LogP contribution in [0.25, 0.3) is 0 Å². The Morgan fingerprint density at radius 2 is 2.29 bits per heavy atom. The minimum absolute atomic E-state index is 0.755. The van der Waals surface area contributed by atoms with Crippen LogP contribution in [0, 0.1) is 11.8 Å². The molecule has 0 radical (unpaired) electrons. The van der Waals surface area contributed by atoms with Gasteiger partial charge in [0.05, 0.1) is 12.4 Å². The van der Waals surface area contributed by atoms with Crippen LogP contribution >= 0.6 is 0 Å². The minimum atomic E-state index is 0.755. The first-order valence-corrected chi connectivity index (χ1v) is 6.51. The lowest BCUT2D eigenvalue weighted by molar-refractivity contribution is 0.422. The Morgan fingerprint density at radius 1 is 1.47 bits per heavy atom. The van der Waals surface area contributed by atoms with Crippen molar-refractivity contribution in [3.8, 4) is 0 Å². The lowest BCUT2D eigenvalue weighted by Gasteiger charge is -2.19. The average molecular weight is 234 g/mol. The molecule has 1 aromatic rings. The zero-order chi connectivity index (χ0) is 12.3. The van der Waals surface area contributed by atoms with Crippen LogP contribution < -0.4 is 10.2 Å². The van der Waals surface area contributed by atoms with Gasteiger partial charge in [-0.1, -0.05) is 13.8 Å². The van der Waals surface area contributed by atoms with Gasteiger partial charge >= 0.3 is 0 Å². The molecule has 1 aliphatic rings. The molecule has 1 unspecified atom stereocenters. The third-order valence-electron chi connectivity index (χ3n) is 3.47. The van der Waals surface area contributed by atoms with Crippen molar-refractivity contribution in [2.24, 2.45) is 11.8 Å². The van der Waals surface area contributed by atoms with Crippen molar-refractivity contribution >= 4 is 11.6 Å². The molecular formula is C13H22N4. The smallest absolute Gasteiger partial charge is 0.149 e. The number of rotatable bonds is 4. The fourth-order valence-corrected chi connectivity index (χ4v) is 2.31. The molecule has 17 heavy (non-hydrogen) atoms. The van der Waals surface area contributed by atoms with Crippen molar-refractivity contribution in [1.82, 2.24) is 9.97 Å². The maximum absolute atomic E-state index is 4.59. The van der Waals surface area contributed by atoms with Crippen molar-refractivity contribution < 1.29 is 0 Å². The molecule has 0 aromatic carbocycles. The Balaban J connectivity index is 2.05. The van der Waals surface area contributed by atoms with Gasteiger partial charge in [0.25, 0.3) is 0 Å². The number of nitrogens with one attached hydrogen (secondary N) is 1. The molecule has 2 heterocycles. The minimum Gasteiger partial charge on any atom is -0.369 e. The first-order chi connectivity index (χ1) is 8.20. The number of hydrogen-bond donors (Lipinski definition) is 1. The van der Waals surface area contributed by atoms with E-state index in [2.05, 4.69) is 41.0 Å². The van der Waals surface area contributed by atoms with Crippen molar-refractivity contribution in [3.05, 3.63) is 12.4 Å². The molecule has 0 aliphatic carbocycles. The fraction of sp³-hybridized carbons (Fsp3) is 0.692. The van der Waals surface area contributed by atoms with Crippen molar-refractivity contribution in [2.75, 3.05) is 29.9 Å². The molecule has 4 heteroatoms. The van der Waals surface area contributed by atoms with Gasteiger partial charge in [-0.25, -0.2) is 4.98 Å². The Kier molecular flexibility index (Phi) is 3.82. The van der Waals surface area contributed by atoms with E-state index in [-0.39, 0.29) is 0 Å². The Bertz CT molecular complexity index is 364. The normalized spacial score (nSPS) is 20.0. The third-order valence-corrected chi connectivity index (χ3v) is 3.47. The molecule has 1 saturated heterocycles. The molecule has 0 amide bonds. The highest BCUT2D eigenvalue weighted by molar-refractivity contribution is 5.44. The number of aromatic nitrogens is 2. The van der Waals surface area contributed by atoms with E-state index in [1.807, 2.05) is 6.20 Å². The van der Waals surface area contributed by atoms with Crippen LogP contribution in [-0.2, 0) is 0 Å². The summed E-state index contributed by atoms with van der Waals surface area (Å²) in [6.07, 6.45) is 4.91. The second kappa shape index (κ2) is 5.34. The predicted octanol–water partition coefficient (Wildman–Crippen LogP) is 2.39. The van der Waals surface area contributed by atoms with Gasteiger partial charge in [0.1, 0.15) is 11.6 Å². The summed E-state index contributed by atoms with van der Waals surface area (Å²) in [6.45, 7) is 9.77. The highest BCUT2D eigenvalue weighted by atomic mass is 15.2. The van der Waals surface area contributed by atoms with Crippen LogP contribution in [0.1, 0.15) is 27.2 Å². The summed E-state index contributed by atoms with van der Waals surface area (Å²) in [5.41, 5.74) is 0. The summed E-state index contributed by atoms with van der Waals surface area (Å²) in [6, 6.07) is 0. The van der Waals surface area contributed by atoms with Gasteiger partial charge in [0.2, 0.25) is 0 Å². The van der Waals surface area contributed by atoms with E-state index in [0.717, 1.165) is 43.1 Å². The van der Waals surface area contributed by atoms with Crippen molar-refractivity contribution in [3.63, 3.8) is 0 Å². The molecule has 1 aromatic heterocycles. The van der Waals surface area contributed by atoms with Crippen LogP contribution in [0.3, 0.4) is 0 Å². The first-order valence-electron chi connectivity index (χ1n) is 6.51. The monoisotopic (exact) mass is 234 g/mol. The molecule has 1 N–H and O–H groups in total. The summed E-state index contributed by atoms with van der Waals surface area (Å²) in [7, 11) is 0. The standard InChI is InChI=1S/C13H22N4/c1-4-15-12-7-14-8-13(16-12)17-6-5-11(9-17)10(2)3/h7-8,10-11H,4-6,9H2,1-3H3,(H,15,16). The highest BCUT2D eigenvalue weighted by Crippen LogP contribution is 2.27. The van der Waals surface area contributed by atoms with Gasteiger partial charge in [-0.3, -0.25) is 4.98 Å². The van der Waals surface area contributed by atoms with Gasteiger partial charge in [-0.05, 0) is 25.2 Å². The van der Waals surface area contributed by atoms with Crippen LogP contribution in [0.15, 0.2) is 12.4 Å². The maximum Gasteiger partial charge on any atom is 0.149 e. The third kappa shape index (κ3) is 2.87. The average Bonchev–Trinajstić information content (AvgIpc) is 2.79. The van der Waals surface area contributed by atoms with Crippen molar-refractivity contribution in [2.45, 2.75) is 27.2 Å². The molecule has 0 bridgehead atoms. The molecule has 1 atom stereocenters. The molecule has 94 valence electrons. The zero-order valence-corrected chi connectivity index (χ0v) is 11.0. The van der Waals surface area contributed by atoms with Gasteiger partial charge in [-0.15, -0.1) is 0 Å². The molecule has 0 saturated carbocycles. The largest absolute Gasteiger partial charge is 0.369 e. The zero-order valence-electron chi connectivity index (χ0n) is 11.0. The second-order valence-electron chi connectivity index (χ2n) is 5.03. The van der Waals surface area contributed by atoms with Gasteiger partial charge in [0, 0.05) is 19.6 Å². The summed E-state index contributed by atoms with van der Waals surface area (Å²) >= 11 is 0. The number of anilines is 2. The first kappa shape index (κ1) is 12.1. The number of nitrogens with zero attached hydrogens (tertiary/aromatic N) is 3. The van der Waals surface area contributed by atoms with E-state index < -0.39 is 0 Å². The van der Waals surface area contributed by atoms with Gasteiger partial charge in [0.15, 0.2) is 0 Å². The van der Waals surface area contributed by atoms with Gasteiger partial charge in [-0.2, -0.15) is 0 Å². The maximum atomic E-state index is 4.59. The molecule has 4 nitrogen and oxygen atoms in total. The van der Waals surface area contributed by atoms with Crippen molar-refractivity contribution in [1.29, 1.82) is 0 Å². The Labute approximate surface area is 103 Å². The lowest BCUT2D eigenvalue weighted by atomic mass is 9.95. The van der Waals surface area contributed by atoms with E-state index in [9.17, 15) is 0 Å². The number of hydrogen-bond acceptors (Lipinski definition) is 4. The van der Waals surface area contributed by atoms with Gasteiger partial charge < -0.3 is 10.2 Å². The summed E-state index contributed by atoms with van der Waals surface area (Å²) in [5.74, 6) is 3.43. The summed E-state index contributed by atoms with van der Waals surface area (Å²) in [5, 5.41) is 3.21. The molecule has 2 rings (SSSR count). The van der Waals surface area contributed by atoms with E-state index in [4.69, 9.17) is 0 Å². The van der Waals surface area contributed by atoms with Crippen LogP contribution in [0.2, 0.25) is 0 Å². The van der Waals surface area contributed by atoms with Crippen LogP contribution in [0.4, 0.5) is 11.6 Å². The van der Waals surface area contributed by atoms with E-state index >= 15 is 0 Å². The molecule has 1 fully saturated rings. The quantitative estimate of drug-likeness (QED) is 0.868. The topological polar surface area (TPSA) is 41.1 Å². The summed E-state index contributed by atoms with van der Waals surface area (Å²) in [4.78, 5) is 11.2. The molecule has 0 spiro atoms. The Morgan fingerprint density at radius 3 is 2.94 bits per heavy atom. The van der Waals surface area contributed by atoms with E-state index in [1.165, 1.54) is 6.42 Å². The molecule has 1 aliphatic heterocycles. The van der Waals surface area contributed by atoms with Crippen LogP contribution in [-0.4, -0.2) is 29.6 Å². The van der Waals surface area contributed by atoms with E-state index in [0.29, 0.717) is 0 Å². The predicted molar refractivity (Wildman–Crippen MR) is 71.4 cm³/mol. The fourth-order valence-electron chi connectivity index (χ4n) is 2.31. The summed E-state index contributed by atoms with van der Waals surface area (Å²) < 4.78 is 0. The Hall–Kier alpha value is -1.32. The SMILES string of the molecule is CCNc1cncc(N2CCC(C(C)C)C2)n1. The van der Waals surface area contributed by atoms with E-state index in [1.54, 1.807) is 6.20 Å².